The molecule has 0 spiro atoms. The van der Waals surface area contributed by atoms with Crippen molar-refractivity contribution in [2.24, 2.45) is 5.73 Å². The SMILES string of the molecule is CC(C)Oc1ccccc1C(N)COc1cccc(Cl)c1. The van der Waals surface area contributed by atoms with Crippen LogP contribution in [0, 0.1) is 0 Å². The molecule has 2 N–H and O–H groups in total. The summed E-state index contributed by atoms with van der Waals surface area (Å²) in [6.07, 6.45) is 0.104. The molecular weight excluding hydrogens is 286 g/mol. The fraction of sp³-hybridized carbons (Fsp3) is 0.294. The fourth-order valence-corrected chi connectivity index (χ4v) is 2.16. The van der Waals surface area contributed by atoms with Gasteiger partial charge in [-0.2, -0.15) is 0 Å². The van der Waals surface area contributed by atoms with Crippen LogP contribution in [0.25, 0.3) is 0 Å². The van der Waals surface area contributed by atoms with E-state index in [1.165, 1.54) is 0 Å². The third-order valence-electron chi connectivity index (χ3n) is 2.91. The summed E-state index contributed by atoms with van der Waals surface area (Å²) in [5.74, 6) is 1.51. The van der Waals surface area contributed by atoms with Crippen molar-refractivity contribution in [3.05, 3.63) is 59.1 Å². The number of ether oxygens (including phenoxy) is 2. The Labute approximate surface area is 130 Å². The highest BCUT2D eigenvalue weighted by Gasteiger charge is 2.13. The topological polar surface area (TPSA) is 44.5 Å². The smallest absolute Gasteiger partial charge is 0.124 e. The Morgan fingerprint density at radius 2 is 1.86 bits per heavy atom. The van der Waals surface area contributed by atoms with Gasteiger partial charge in [0.2, 0.25) is 0 Å². The lowest BCUT2D eigenvalue weighted by Crippen LogP contribution is -2.20. The summed E-state index contributed by atoms with van der Waals surface area (Å²) in [5.41, 5.74) is 7.16. The van der Waals surface area contributed by atoms with Crippen LogP contribution in [0.4, 0.5) is 0 Å². The van der Waals surface area contributed by atoms with Crippen LogP contribution in [-0.2, 0) is 0 Å². The van der Waals surface area contributed by atoms with E-state index in [-0.39, 0.29) is 12.1 Å². The van der Waals surface area contributed by atoms with Gasteiger partial charge in [-0.05, 0) is 38.1 Å². The third-order valence-corrected chi connectivity index (χ3v) is 3.14. The molecule has 4 heteroatoms. The number of rotatable bonds is 6. The second-order valence-corrected chi connectivity index (χ2v) is 5.52. The van der Waals surface area contributed by atoms with Crippen LogP contribution in [0.3, 0.4) is 0 Å². The van der Waals surface area contributed by atoms with Crippen molar-refractivity contribution in [2.75, 3.05) is 6.61 Å². The Kier molecular flexibility index (Phi) is 5.48. The van der Waals surface area contributed by atoms with Crippen LogP contribution in [-0.4, -0.2) is 12.7 Å². The zero-order valence-electron chi connectivity index (χ0n) is 12.3. The highest BCUT2D eigenvalue weighted by Crippen LogP contribution is 2.26. The van der Waals surface area contributed by atoms with E-state index in [1.807, 2.05) is 50.2 Å². The van der Waals surface area contributed by atoms with E-state index in [1.54, 1.807) is 12.1 Å². The number of nitrogens with two attached hydrogens (primary N) is 1. The molecule has 0 aliphatic heterocycles. The molecule has 112 valence electrons. The minimum Gasteiger partial charge on any atom is -0.492 e. The number of hydrogen-bond acceptors (Lipinski definition) is 3. The molecule has 0 aromatic heterocycles. The van der Waals surface area contributed by atoms with E-state index in [4.69, 9.17) is 26.8 Å². The van der Waals surface area contributed by atoms with Crippen LogP contribution in [0.5, 0.6) is 11.5 Å². The highest BCUT2D eigenvalue weighted by molar-refractivity contribution is 6.30. The van der Waals surface area contributed by atoms with Gasteiger partial charge in [0.05, 0.1) is 12.1 Å². The molecular formula is C17H20ClNO2. The van der Waals surface area contributed by atoms with Crippen LogP contribution >= 0.6 is 11.6 Å². The number of halogens is 1. The summed E-state index contributed by atoms with van der Waals surface area (Å²) in [6.45, 7) is 4.34. The normalized spacial score (nSPS) is 12.2. The van der Waals surface area contributed by atoms with Crippen molar-refractivity contribution >= 4 is 11.6 Å². The van der Waals surface area contributed by atoms with Gasteiger partial charge in [0, 0.05) is 10.6 Å². The summed E-state index contributed by atoms with van der Waals surface area (Å²) in [5, 5.41) is 0.643. The van der Waals surface area contributed by atoms with Gasteiger partial charge in [-0.1, -0.05) is 35.9 Å². The second kappa shape index (κ2) is 7.34. The fourth-order valence-electron chi connectivity index (χ4n) is 1.98. The Morgan fingerprint density at radius 3 is 2.57 bits per heavy atom. The van der Waals surface area contributed by atoms with E-state index in [2.05, 4.69) is 0 Å². The lowest BCUT2D eigenvalue weighted by Gasteiger charge is -2.19. The standard InChI is InChI=1S/C17H20ClNO2/c1-12(2)21-17-9-4-3-8-15(17)16(19)11-20-14-7-5-6-13(18)10-14/h3-10,12,16H,11,19H2,1-2H3. The minimum absolute atomic E-state index is 0.104. The zero-order valence-corrected chi connectivity index (χ0v) is 13.0. The van der Waals surface area contributed by atoms with Crippen molar-refractivity contribution < 1.29 is 9.47 Å². The Balaban J connectivity index is 2.04. The number of hydrogen-bond donors (Lipinski definition) is 1. The molecule has 0 fully saturated rings. The molecule has 2 rings (SSSR count). The predicted molar refractivity (Wildman–Crippen MR) is 86.1 cm³/mol. The van der Waals surface area contributed by atoms with Crippen LogP contribution in [0.1, 0.15) is 25.5 Å². The maximum absolute atomic E-state index is 6.22. The molecule has 0 aliphatic rings. The Morgan fingerprint density at radius 1 is 1.10 bits per heavy atom. The number of para-hydroxylation sites is 1. The maximum atomic E-state index is 6.22. The number of benzene rings is 2. The Hall–Kier alpha value is -1.71. The quantitative estimate of drug-likeness (QED) is 0.869. The van der Waals surface area contributed by atoms with E-state index in [0.717, 1.165) is 11.3 Å². The van der Waals surface area contributed by atoms with Gasteiger partial charge < -0.3 is 15.2 Å². The molecule has 0 saturated heterocycles. The van der Waals surface area contributed by atoms with E-state index < -0.39 is 0 Å². The van der Waals surface area contributed by atoms with Gasteiger partial charge in [0.1, 0.15) is 18.1 Å². The molecule has 2 aromatic carbocycles. The average Bonchev–Trinajstić information content (AvgIpc) is 2.45. The molecule has 1 atom stereocenters. The molecule has 0 radical (unpaired) electrons. The Bertz CT molecular complexity index is 587. The summed E-state index contributed by atoms with van der Waals surface area (Å²) in [7, 11) is 0. The molecule has 0 bridgehead atoms. The first-order chi connectivity index (χ1) is 10.1. The zero-order chi connectivity index (χ0) is 15.2. The molecule has 0 heterocycles. The van der Waals surface area contributed by atoms with Crippen LogP contribution in [0.15, 0.2) is 48.5 Å². The lowest BCUT2D eigenvalue weighted by molar-refractivity contribution is 0.233. The van der Waals surface area contributed by atoms with Gasteiger partial charge in [-0.3, -0.25) is 0 Å². The van der Waals surface area contributed by atoms with E-state index >= 15 is 0 Å². The van der Waals surface area contributed by atoms with Crippen LogP contribution in [0.2, 0.25) is 5.02 Å². The van der Waals surface area contributed by atoms with Crippen molar-refractivity contribution in [2.45, 2.75) is 26.0 Å². The maximum Gasteiger partial charge on any atom is 0.124 e. The first-order valence-electron chi connectivity index (χ1n) is 6.96. The van der Waals surface area contributed by atoms with Gasteiger partial charge in [-0.15, -0.1) is 0 Å². The first-order valence-corrected chi connectivity index (χ1v) is 7.33. The van der Waals surface area contributed by atoms with Crippen molar-refractivity contribution in [3.8, 4) is 11.5 Å². The highest BCUT2D eigenvalue weighted by atomic mass is 35.5. The molecule has 2 aromatic rings. The summed E-state index contributed by atoms with van der Waals surface area (Å²) in [6, 6.07) is 14.8. The first kappa shape index (κ1) is 15.7. The lowest BCUT2D eigenvalue weighted by atomic mass is 10.1. The summed E-state index contributed by atoms with van der Waals surface area (Å²) >= 11 is 5.93. The molecule has 21 heavy (non-hydrogen) atoms. The molecule has 0 saturated carbocycles. The predicted octanol–water partition coefficient (Wildman–Crippen LogP) is 4.21. The minimum atomic E-state index is -0.265. The van der Waals surface area contributed by atoms with Gasteiger partial charge in [0.15, 0.2) is 0 Å². The van der Waals surface area contributed by atoms with Crippen molar-refractivity contribution in [1.82, 2.24) is 0 Å². The third kappa shape index (κ3) is 4.66. The van der Waals surface area contributed by atoms with Gasteiger partial charge in [0.25, 0.3) is 0 Å². The van der Waals surface area contributed by atoms with Gasteiger partial charge in [-0.25, -0.2) is 0 Å². The summed E-state index contributed by atoms with van der Waals surface area (Å²) in [4.78, 5) is 0. The molecule has 0 aliphatic carbocycles. The average molecular weight is 306 g/mol. The molecule has 3 nitrogen and oxygen atoms in total. The van der Waals surface area contributed by atoms with E-state index in [9.17, 15) is 0 Å². The van der Waals surface area contributed by atoms with Crippen molar-refractivity contribution in [3.63, 3.8) is 0 Å². The molecule has 1 unspecified atom stereocenters. The van der Waals surface area contributed by atoms with Crippen LogP contribution < -0.4 is 15.2 Å². The summed E-state index contributed by atoms with van der Waals surface area (Å²) < 4.78 is 11.5. The monoisotopic (exact) mass is 305 g/mol. The van der Waals surface area contributed by atoms with Crippen molar-refractivity contribution in [1.29, 1.82) is 0 Å². The largest absolute Gasteiger partial charge is 0.492 e. The van der Waals surface area contributed by atoms with E-state index in [0.29, 0.717) is 17.4 Å². The van der Waals surface area contributed by atoms with Gasteiger partial charge >= 0.3 is 0 Å². The molecule has 0 amide bonds. The second-order valence-electron chi connectivity index (χ2n) is 5.08.